The summed E-state index contributed by atoms with van der Waals surface area (Å²) in [6.07, 6.45) is -0.476. The van der Waals surface area contributed by atoms with Crippen molar-refractivity contribution in [3.63, 3.8) is 0 Å². The molecule has 0 spiro atoms. The van der Waals surface area contributed by atoms with E-state index in [1.54, 1.807) is 7.11 Å². The highest BCUT2D eigenvalue weighted by Gasteiger charge is 2.39. The van der Waals surface area contributed by atoms with Gasteiger partial charge in [-0.05, 0) is 57.5 Å². The van der Waals surface area contributed by atoms with E-state index in [0.717, 1.165) is 17.0 Å². The molecule has 5 nitrogen and oxygen atoms in total. The summed E-state index contributed by atoms with van der Waals surface area (Å²) in [7, 11) is -1.89. The van der Waals surface area contributed by atoms with Crippen LogP contribution in [-0.2, 0) is 13.6 Å². The molecule has 0 saturated heterocycles. The average Bonchev–Trinajstić information content (AvgIpc) is 2.59. The summed E-state index contributed by atoms with van der Waals surface area (Å²) in [5.74, 6) is 0.0946. The highest BCUT2D eigenvalue weighted by molar-refractivity contribution is 7.54. The Labute approximate surface area is 156 Å². The molecular formula is C20H28NO4P. The van der Waals surface area contributed by atoms with Crippen molar-refractivity contribution >= 4 is 13.3 Å². The third kappa shape index (κ3) is 5.60. The zero-order valence-electron chi connectivity index (χ0n) is 16.0. The van der Waals surface area contributed by atoms with Crippen molar-refractivity contribution in [2.75, 3.05) is 12.4 Å². The van der Waals surface area contributed by atoms with Gasteiger partial charge in [0, 0.05) is 5.69 Å². The molecule has 26 heavy (non-hydrogen) atoms. The molecule has 1 atom stereocenters. The first-order chi connectivity index (χ1) is 12.3. The third-order valence-electron chi connectivity index (χ3n) is 3.54. The number of methoxy groups -OCH3 is 1. The number of hydrogen-bond donors (Lipinski definition) is 1. The first kappa shape index (κ1) is 20.5. The van der Waals surface area contributed by atoms with Crippen LogP contribution in [0.4, 0.5) is 5.69 Å². The normalized spacial score (nSPS) is 13.0. The second kappa shape index (κ2) is 9.22. The minimum atomic E-state index is -3.50. The van der Waals surface area contributed by atoms with Crippen molar-refractivity contribution in [1.82, 2.24) is 0 Å². The van der Waals surface area contributed by atoms with Crippen LogP contribution in [0.1, 0.15) is 39.0 Å². The Morgan fingerprint density at radius 1 is 0.846 bits per heavy atom. The van der Waals surface area contributed by atoms with Crippen LogP contribution in [0, 0.1) is 0 Å². The highest BCUT2D eigenvalue weighted by atomic mass is 31.2. The van der Waals surface area contributed by atoms with Crippen molar-refractivity contribution in [2.45, 2.75) is 45.7 Å². The molecule has 0 saturated carbocycles. The lowest BCUT2D eigenvalue weighted by Crippen LogP contribution is -2.19. The smallest absolute Gasteiger partial charge is 0.357 e. The molecule has 0 radical (unpaired) electrons. The fourth-order valence-corrected chi connectivity index (χ4v) is 4.87. The predicted molar refractivity (Wildman–Crippen MR) is 106 cm³/mol. The zero-order valence-corrected chi connectivity index (χ0v) is 16.9. The van der Waals surface area contributed by atoms with E-state index in [9.17, 15) is 4.57 Å². The van der Waals surface area contributed by atoms with Gasteiger partial charge in [-0.1, -0.05) is 30.3 Å². The van der Waals surface area contributed by atoms with Crippen molar-refractivity contribution < 1.29 is 18.3 Å². The number of hydrogen-bond acceptors (Lipinski definition) is 5. The summed E-state index contributed by atoms with van der Waals surface area (Å²) >= 11 is 0. The predicted octanol–water partition coefficient (Wildman–Crippen LogP) is 5.85. The van der Waals surface area contributed by atoms with Gasteiger partial charge < -0.3 is 19.1 Å². The summed E-state index contributed by atoms with van der Waals surface area (Å²) < 4.78 is 30.7. The quantitative estimate of drug-likeness (QED) is 0.556. The Bertz CT molecular complexity index is 702. The highest BCUT2D eigenvalue weighted by Crippen LogP contribution is 2.62. The molecule has 0 fully saturated rings. The maximum Gasteiger partial charge on any atom is 0.357 e. The molecule has 0 aliphatic carbocycles. The summed E-state index contributed by atoms with van der Waals surface area (Å²) in [4.78, 5) is 0. The molecule has 0 aliphatic heterocycles. The van der Waals surface area contributed by atoms with Crippen molar-refractivity contribution in [3.05, 3.63) is 60.2 Å². The Balaban J connectivity index is 2.46. The molecule has 0 aromatic heterocycles. The second-order valence-corrected chi connectivity index (χ2v) is 8.55. The van der Waals surface area contributed by atoms with Gasteiger partial charge in [0.15, 0.2) is 5.78 Å². The van der Waals surface area contributed by atoms with Gasteiger partial charge in [0.1, 0.15) is 5.75 Å². The van der Waals surface area contributed by atoms with Crippen LogP contribution in [0.25, 0.3) is 0 Å². The molecule has 2 aromatic rings. The molecule has 1 N–H and O–H groups in total. The van der Waals surface area contributed by atoms with Gasteiger partial charge in [0.25, 0.3) is 0 Å². The molecule has 0 bridgehead atoms. The van der Waals surface area contributed by atoms with Gasteiger partial charge in [0.2, 0.25) is 0 Å². The standard InChI is InChI=1S/C20H28NO4P/c1-15(2)24-26(22,25-16(3)4)20(21-18-9-7-6-8-10-18)17-11-13-19(23-5)14-12-17/h6-16,20-21H,1-5H3/t20-/m0/s1. The summed E-state index contributed by atoms with van der Waals surface area (Å²) in [5.41, 5.74) is 1.65. The fourth-order valence-electron chi connectivity index (χ4n) is 2.56. The first-order valence-electron chi connectivity index (χ1n) is 8.76. The van der Waals surface area contributed by atoms with Crippen molar-refractivity contribution in [1.29, 1.82) is 0 Å². The zero-order chi connectivity index (χ0) is 19.2. The number of para-hydroxylation sites is 1. The number of anilines is 1. The van der Waals surface area contributed by atoms with E-state index in [1.807, 2.05) is 82.3 Å². The van der Waals surface area contributed by atoms with Crippen LogP contribution >= 0.6 is 7.60 Å². The topological polar surface area (TPSA) is 56.8 Å². The molecular weight excluding hydrogens is 349 g/mol. The Kier molecular flexibility index (Phi) is 7.27. The van der Waals surface area contributed by atoms with E-state index in [4.69, 9.17) is 13.8 Å². The molecule has 2 aromatic carbocycles. The molecule has 0 heterocycles. The molecule has 142 valence electrons. The minimum absolute atomic E-state index is 0.238. The summed E-state index contributed by atoms with van der Waals surface area (Å²) in [6.45, 7) is 7.40. The largest absolute Gasteiger partial charge is 0.497 e. The lowest BCUT2D eigenvalue weighted by Gasteiger charge is -2.31. The number of ether oxygens (including phenoxy) is 1. The molecule has 0 unspecified atom stereocenters. The molecule has 2 rings (SSSR count). The van der Waals surface area contributed by atoms with E-state index < -0.39 is 13.4 Å². The summed E-state index contributed by atoms with van der Waals surface area (Å²) in [6, 6.07) is 17.0. The minimum Gasteiger partial charge on any atom is -0.497 e. The lowest BCUT2D eigenvalue weighted by molar-refractivity contribution is 0.138. The Morgan fingerprint density at radius 3 is 1.85 bits per heavy atom. The van der Waals surface area contributed by atoms with Gasteiger partial charge in [-0.15, -0.1) is 0 Å². The number of nitrogens with one attached hydrogen (secondary N) is 1. The Hall–Kier alpha value is -1.81. The maximum absolute atomic E-state index is 13.8. The maximum atomic E-state index is 13.8. The van der Waals surface area contributed by atoms with E-state index in [1.165, 1.54) is 0 Å². The number of rotatable bonds is 9. The molecule has 0 aliphatic rings. The van der Waals surface area contributed by atoms with Crippen LogP contribution in [0.2, 0.25) is 0 Å². The molecule has 0 amide bonds. The van der Waals surface area contributed by atoms with Gasteiger partial charge >= 0.3 is 7.60 Å². The van der Waals surface area contributed by atoms with E-state index in [2.05, 4.69) is 5.32 Å². The van der Waals surface area contributed by atoms with E-state index in [0.29, 0.717) is 0 Å². The lowest BCUT2D eigenvalue weighted by atomic mass is 10.2. The van der Waals surface area contributed by atoms with Crippen LogP contribution in [0.15, 0.2) is 54.6 Å². The first-order valence-corrected chi connectivity index (χ1v) is 10.4. The van der Waals surface area contributed by atoms with Crippen LogP contribution in [-0.4, -0.2) is 19.3 Å². The van der Waals surface area contributed by atoms with Crippen molar-refractivity contribution in [3.8, 4) is 5.75 Å². The second-order valence-electron chi connectivity index (χ2n) is 6.53. The van der Waals surface area contributed by atoms with Gasteiger partial charge in [-0.25, -0.2) is 0 Å². The van der Waals surface area contributed by atoms with Crippen LogP contribution < -0.4 is 10.1 Å². The summed E-state index contributed by atoms with van der Waals surface area (Å²) in [5, 5.41) is 3.33. The average molecular weight is 377 g/mol. The fraction of sp³-hybridized carbons (Fsp3) is 0.400. The van der Waals surface area contributed by atoms with Gasteiger partial charge in [-0.3, -0.25) is 4.57 Å². The monoisotopic (exact) mass is 377 g/mol. The van der Waals surface area contributed by atoms with Crippen LogP contribution in [0.3, 0.4) is 0 Å². The Morgan fingerprint density at radius 2 is 1.38 bits per heavy atom. The number of benzene rings is 2. The van der Waals surface area contributed by atoms with Gasteiger partial charge in [0.05, 0.1) is 19.3 Å². The van der Waals surface area contributed by atoms with E-state index in [-0.39, 0.29) is 12.2 Å². The van der Waals surface area contributed by atoms with Crippen LogP contribution in [0.5, 0.6) is 5.75 Å². The molecule has 6 heteroatoms. The SMILES string of the molecule is COc1ccc([C@@H](Nc2ccccc2)P(=O)(OC(C)C)OC(C)C)cc1. The van der Waals surface area contributed by atoms with E-state index >= 15 is 0 Å². The van der Waals surface area contributed by atoms with Crippen molar-refractivity contribution in [2.24, 2.45) is 0 Å². The van der Waals surface area contributed by atoms with Gasteiger partial charge in [-0.2, -0.15) is 0 Å². The third-order valence-corrected chi connectivity index (χ3v) is 6.03.